The van der Waals surface area contributed by atoms with Crippen LogP contribution < -0.4 is 15.5 Å². The largest absolute Gasteiger partial charge is 0.395 e. The number of urea groups is 1. The summed E-state index contributed by atoms with van der Waals surface area (Å²) in [4.78, 5) is 24.2. The number of hydrogen-bond donors (Lipinski definition) is 5. The SMILES string of the molecule is Cc1noc(C)c1S(O)(O)C1(c2cc(N3CCOC[C@@H]3C)nc(-c3ccc(NC(=O)NCCO)cc3)n2)CC1. The summed E-state index contributed by atoms with van der Waals surface area (Å²) in [7, 11) is -3.35. The van der Waals surface area contributed by atoms with Crippen molar-refractivity contribution in [2.45, 2.75) is 49.3 Å². The van der Waals surface area contributed by atoms with E-state index in [9.17, 15) is 13.9 Å². The molecule has 1 saturated carbocycles. The van der Waals surface area contributed by atoms with E-state index in [0.717, 1.165) is 0 Å². The minimum atomic E-state index is -3.35. The molecule has 3 heterocycles. The van der Waals surface area contributed by atoms with Crippen LogP contribution in [0.5, 0.6) is 0 Å². The number of carbonyl (C=O) groups is 1. The van der Waals surface area contributed by atoms with E-state index in [0.29, 0.717) is 77.5 Å². The molecule has 0 spiro atoms. The Balaban J connectivity index is 1.54. The number of aryl methyl sites for hydroxylation is 2. The second-order valence-corrected chi connectivity index (χ2v) is 12.2. The fraction of sp³-hybridized carbons (Fsp3) is 0.462. The van der Waals surface area contributed by atoms with Crippen LogP contribution in [0.4, 0.5) is 16.3 Å². The van der Waals surface area contributed by atoms with Gasteiger partial charge in [-0.3, -0.25) is 9.11 Å². The normalized spacial score (nSPS) is 19.0. The third kappa shape index (κ3) is 5.20. The van der Waals surface area contributed by atoms with Crippen LogP contribution in [0.15, 0.2) is 39.8 Å². The maximum atomic E-state index is 11.9. The lowest BCUT2D eigenvalue weighted by Gasteiger charge is -2.41. The highest BCUT2D eigenvalue weighted by atomic mass is 32.3. The van der Waals surface area contributed by atoms with Gasteiger partial charge in [-0.05, 0) is 57.9 Å². The zero-order valence-corrected chi connectivity index (χ0v) is 23.0. The summed E-state index contributed by atoms with van der Waals surface area (Å²) in [6, 6.07) is 8.62. The molecular weight excluding hydrogens is 524 g/mol. The maximum Gasteiger partial charge on any atom is 0.319 e. The average molecular weight is 559 g/mol. The number of rotatable bonds is 8. The van der Waals surface area contributed by atoms with Gasteiger partial charge in [0, 0.05) is 30.4 Å². The van der Waals surface area contributed by atoms with Gasteiger partial charge in [0.25, 0.3) is 0 Å². The van der Waals surface area contributed by atoms with E-state index in [1.807, 2.05) is 6.07 Å². The molecule has 2 fully saturated rings. The molecule has 1 aromatic carbocycles. The molecule has 0 bridgehead atoms. The Morgan fingerprint density at radius 1 is 1.21 bits per heavy atom. The Kier molecular flexibility index (Phi) is 7.53. The third-order valence-corrected chi connectivity index (χ3v) is 10.0. The summed E-state index contributed by atoms with van der Waals surface area (Å²) in [5.74, 6) is 1.52. The van der Waals surface area contributed by atoms with E-state index >= 15 is 0 Å². The molecule has 1 saturated heterocycles. The molecule has 0 radical (unpaired) electrons. The molecule has 1 aliphatic carbocycles. The monoisotopic (exact) mass is 558 g/mol. The van der Waals surface area contributed by atoms with Gasteiger partial charge in [-0.2, -0.15) is 10.6 Å². The lowest BCUT2D eigenvalue weighted by Crippen LogP contribution is -2.44. The van der Waals surface area contributed by atoms with E-state index in [4.69, 9.17) is 24.3 Å². The van der Waals surface area contributed by atoms with Crippen molar-refractivity contribution in [3.63, 3.8) is 0 Å². The van der Waals surface area contributed by atoms with Crippen LogP contribution in [0.25, 0.3) is 11.4 Å². The smallest absolute Gasteiger partial charge is 0.319 e. The fourth-order valence-electron chi connectivity index (χ4n) is 4.94. The molecule has 1 atom stereocenters. The number of nitrogens with one attached hydrogen (secondary N) is 2. The first-order valence-corrected chi connectivity index (χ1v) is 14.4. The predicted octanol–water partition coefficient (Wildman–Crippen LogP) is 3.89. The number of aliphatic hydroxyl groups excluding tert-OH is 1. The molecule has 12 nitrogen and oxygen atoms in total. The Morgan fingerprint density at radius 2 is 1.95 bits per heavy atom. The van der Waals surface area contributed by atoms with Crippen molar-refractivity contribution in [1.29, 1.82) is 0 Å². The van der Waals surface area contributed by atoms with Crippen LogP contribution >= 0.6 is 10.6 Å². The number of anilines is 2. The quantitative estimate of drug-likeness (QED) is 0.274. The van der Waals surface area contributed by atoms with Gasteiger partial charge in [0.2, 0.25) is 0 Å². The van der Waals surface area contributed by atoms with E-state index < -0.39 is 21.4 Å². The molecule has 3 aromatic rings. The molecule has 1 aliphatic heterocycles. The first-order chi connectivity index (χ1) is 18.7. The standard InChI is InChI=1S/C26H34N6O6S/c1-16-15-37-13-11-32(16)22-14-21(26(8-9-26)39(35,36)23-17(2)31-38-18(23)3)29-24(30-22)19-4-6-20(7-5-19)28-25(34)27-10-12-33/h4-7,14,16,33,35-36H,8-13,15H2,1-3H3,(H2,27,28,34)/t16-/m0/s1. The Labute approximate surface area is 228 Å². The van der Waals surface area contributed by atoms with Gasteiger partial charge < -0.3 is 29.9 Å². The summed E-state index contributed by atoms with van der Waals surface area (Å²) < 4.78 is 33.3. The van der Waals surface area contributed by atoms with Gasteiger partial charge in [0.05, 0.1) is 31.6 Å². The van der Waals surface area contributed by atoms with E-state index in [-0.39, 0.29) is 19.2 Å². The second kappa shape index (κ2) is 10.7. The topological polar surface area (TPSA) is 166 Å². The molecule has 13 heteroatoms. The highest BCUT2D eigenvalue weighted by molar-refractivity contribution is 8.25. The van der Waals surface area contributed by atoms with Crippen molar-refractivity contribution in [3.8, 4) is 11.4 Å². The van der Waals surface area contributed by atoms with Gasteiger partial charge in [-0.1, -0.05) is 5.16 Å². The fourth-order valence-corrected chi connectivity index (χ4v) is 7.28. The summed E-state index contributed by atoms with van der Waals surface area (Å²) in [6.07, 6.45) is 1.11. The molecule has 2 amide bonds. The Hall–Kier alpha value is -3.23. The van der Waals surface area contributed by atoms with Crippen LogP contribution in [0.3, 0.4) is 0 Å². The highest BCUT2D eigenvalue weighted by Crippen LogP contribution is 2.76. The predicted molar refractivity (Wildman–Crippen MR) is 147 cm³/mol. The number of hydrogen-bond acceptors (Lipinski definition) is 10. The van der Waals surface area contributed by atoms with E-state index in [1.54, 1.807) is 38.1 Å². The zero-order valence-electron chi connectivity index (χ0n) is 22.2. The van der Waals surface area contributed by atoms with Crippen molar-refractivity contribution in [2.75, 3.05) is 43.1 Å². The van der Waals surface area contributed by atoms with Gasteiger partial charge in [-0.15, -0.1) is 0 Å². The minimum absolute atomic E-state index is 0.0800. The maximum absolute atomic E-state index is 11.9. The third-order valence-electron chi connectivity index (χ3n) is 7.14. The number of carbonyl (C=O) groups excluding carboxylic acids is 1. The summed E-state index contributed by atoms with van der Waals surface area (Å²) in [5, 5.41) is 18.1. The van der Waals surface area contributed by atoms with Crippen molar-refractivity contribution < 1.29 is 28.3 Å². The second-order valence-electron chi connectivity index (χ2n) is 9.93. The average Bonchev–Trinajstić information content (AvgIpc) is 3.68. The zero-order chi connectivity index (χ0) is 27.8. The number of aliphatic hydroxyl groups is 1. The molecule has 2 aromatic heterocycles. The lowest BCUT2D eigenvalue weighted by atomic mass is 10.1. The Bertz CT molecular complexity index is 1320. The summed E-state index contributed by atoms with van der Waals surface area (Å²) >= 11 is 0. The van der Waals surface area contributed by atoms with E-state index in [1.165, 1.54) is 0 Å². The molecule has 5 rings (SSSR count). The van der Waals surface area contributed by atoms with Crippen LogP contribution in [-0.2, 0) is 9.48 Å². The van der Waals surface area contributed by atoms with Crippen molar-refractivity contribution in [2.24, 2.45) is 0 Å². The first kappa shape index (κ1) is 27.3. The van der Waals surface area contributed by atoms with Gasteiger partial charge in [-0.25, -0.2) is 14.8 Å². The van der Waals surface area contributed by atoms with Crippen molar-refractivity contribution in [1.82, 2.24) is 20.4 Å². The van der Waals surface area contributed by atoms with Gasteiger partial charge in [0.1, 0.15) is 21.2 Å². The minimum Gasteiger partial charge on any atom is -0.395 e. The molecule has 0 unspecified atom stereocenters. The lowest BCUT2D eigenvalue weighted by molar-refractivity contribution is 0.0985. The molecule has 5 N–H and O–H groups in total. The summed E-state index contributed by atoms with van der Waals surface area (Å²) in [5.41, 5.74) is 2.30. The number of amides is 2. The molecule has 39 heavy (non-hydrogen) atoms. The number of morpholine rings is 1. The highest BCUT2D eigenvalue weighted by Gasteiger charge is 2.59. The number of ether oxygens (including phenoxy) is 1. The summed E-state index contributed by atoms with van der Waals surface area (Å²) in [6.45, 7) is 7.25. The molecular formula is C26H34N6O6S. The number of aromatic nitrogens is 3. The number of benzene rings is 1. The number of nitrogens with zero attached hydrogens (tertiary/aromatic N) is 4. The van der Waals surface area contributed by atoms with Crippen LogP contribution in [0, 0.1) is 13.8 Å². The van der Waals surface area contributed by atoms with Crippen LogP contribution in [0.2, 0.25) is 0 Å². The Morgan fingerprint density at radius 3 is 2.56 bits per heavy atom. The molecule has 210 valence electrons. The van der Waals surface area contributed by atoms with Crippen LogP contribution in [0.1, 0.15) is 36.9 Å². The van der Waals surface area contributed by atoms with Crippen molar-refractivity contribution >= 4 is 28.1 Å². The van der Waals surface area contributed by atoms with Crippen LogP contribution in [-0.4, -0.2) is 74.3 Å². The first-order valence-electron chi connectivity index (χ1n) is 12.9. The van der Waals surface area contributed by atoms with Gasteiger partial charge >= 0.3 is 6.03 Å². The molecule has 2 aliphatic rings. The van der Waals surface area contributed by atoms with Crippen molar-refractivity contribution in [3.05, 3.63) is 47.5 Å². The van der Waals surface area contributed by atoms with Gasteiger partial charge in [0.15, 0.2) is 11.6 Å². The van der Waals surface area contributed by atoms with E-state index in [2.05, 4.69) is 27.6 Å².